The van der Waals surface area contributed by atoms with E-state index in [4.69, 9.17) is 9.41 Å². The first-order chi connectivity index (χ1) is 23.2. The lowest BCUT2D eigenvalue weighted by atomic mass is 10.0. The molecule has 0 aliphatic carbocycles. The largest absolute Gasteiger partial charge is 0.454 e. The maximum absolute atomic E-state index is 9.56. The molecule has 8 aromatic rings. The van der Waals surface area contributed by atoms with Gasteiger partial charge in [0.1, 0.15) is 5.58 Å². The second-order valence-electron chi connectivity index (χ2n) is 11.6. The van der Waals surface area contributed by atoms with E-state index in [-0.39, 0.29) is 6.04 Å². The molecular weight excluding hydrogens is 576 g/mol. The van der Waals surface area contributed by atoms with Crippen LogP contribution in [0.15, 0.2) is 155 Å². The van der Waals surface area contributed by atoms with Gasteiger partial charge in [0.2, 0.25) is 0 Å². The van der Waals surface area contributed by atoms with Crippen LogP contribution in [-0.4, -0.2) is 17.8 Å². The summed E-state index contributed by atoms with van der Waals surface area (Å²) >= 11 is 0. The van der Waals surface area contributed by atoms with Gasteiger partial charge in [-0.2, -0.15) is 5.26 Å². The van der Waals surface area contributed by atoms with Crippen LogP contribution in [0.3, 0.4) is 0 Å². The van der Waals surface area contributed by atoms with Crippen LogP contribution in [0.2, 0.25) is 0 Å². The van der Waals surface area contributed by atoms with Gasteiger partial charge in [-0.25, -0.2) is 0 Å². The van der Waals surface area contributed by atoms with Gasteiger partial charge in [0.25, 0.3) is 0 Å². The highest BCUT2D eigenvalue weighted by atomic mass is 16.3. The zero-order valence-electron chi connectivity index (χ0n) is 25.8. The number of aliphatic imine (C=N–C) groups is 1. The molecule has 0 aliphatic rings. The van der Waals surface area contributed by atoms with Crippen LogP contribution in [0.25, 0.3) is 55.1 Å². The fourth-order valence-electron chi connectivity index (χ4n) is 6.48. The molecule has 0 saturated heterocycles. The van der Waals surface area contributed by atoms with Crippen LogP contribution in [0, 0.1) is 11.3 Å². The van der Waals surface area contributed by atoms with E-state index < -0.39 is 0 Å². The number of fused-ring (bicyclic) bond motifs is 7. The van der Waals surface area contributed by atoms with Crippen molar-refractivity contribution in [2.24, 2.45) is 4.99 Å². The van der Waals surface area contributed by atoms with Crippen molar-refractivity contribution in [1.29, 1.82) is 5.26 Å². The van der Waals surface area contributed by atoms with Crippen LogP contribution in [0.4, 0.5) is 0 Å². The smallest absolute Gasteiger partial charge is 0.160 e. The third kappa shape index (κ3) is 5.07. The van der Waals surface area contributed by atoms with Crippen LogP contribution in [0.1, 0.15) is 28.3 Å². The lowest BCUT2D eigenvalue weighted by Crippen LogP contribution is -2.14. The maximum Gasteiger partial charge on any atom is 0.160 e. The fraction of sp³-hybridized carbons (Fsp3) is 0.0476. The molecule has 5 nitrogen and oxygen atoms in total. The first kappa shape index (κ1) is 28.3. The van der Waals surface area contributed by atoms with E-state index in [1.807, 2.05) is 67.9 Å². The summed E-state index contributed by atoms with van der Waals surface area (Å²) < 4.78 is 8.80. The van der Waals surface area contributed by atoms with Gasteiger partial charge in [-0.1, -0.05) is 97.1 Å². The van der Waals surface area contributed by atoms with Gasteiger partial charge >= 0.3 is 0 Å². The van der Waals surface area contributed by atoms with E-state index in [0.29, 0.717) is 5.56 Å². The van der Waals surface area contributed by atoms with Gasteiger partial charge in [0.05, 0.1) is 34.4 Å². The molecular formula is C42H30N4O. The van der Waals surface area contributed by atoms with Gasteiger partial charge < -0.3 is 14.3 Å². The molecule has 0 radical (unpaired) electrons. The molecule has 0 bridgehead atoms. The monoisotopic (exact) mass is 606 g/mol. The molecule has 0 fully saturated rings. The van der Waals surface area contributed by atoms with Crippen molar-refractivity contribution in [3.8, 4) is 11.8 Å². The summed E-state index contributed by atoms with van der Waals surface area (Å²) in [6.07, 6.45) is 3.99. The number of nitrogens with zero attached hydrogens (tertiary/aromatic N) is 3. The Kier molecular flexibility index (Phi) is 7.18. The number of hydrogen-bond donors (Lipinski definition) is 1. The first-order valence-electron chi connectivity index (χ1n) is 15.6. The summed E-state index contributed by atoms with van der Waals surface area (Å²) in [6, 6.07) is 49.6. The predicted molar refractivity (Wildman–Crippen MR) is 193 cm³/mol. The van der Waals surface area contributed by atoms with Crippen molar-refractivity contribution in [2.75, 3.05) is 7.05 Å². The van der Waals surface area contributed by atoms with Gasteiger partial charge in [0, 0.05) is 39.0 Å². The Bertz CT molecular complexity index is 2510. The van der Waals surface area contributed by atoms with Crippen LogP contribution < -0.4 is 5.32 Å². The zero-order valence-corrected chi connectivity index (χ0v) is 25.8. The van der Waals surface area contributed by atoms with Crippen molar-refractivity contribution in [1.82, 2.24) is 9.88 Å². The number of likely N-dealkylation sites (N-methyl/N-ethyl adjacent to an activating group) is 1. The fourth-order valence-corrected chi connectivity index (χ4v) is 6.48. The quantitative estimate of drug-likeness (QED) is 0.184. The number of rotatable bonds is 7. The predicted octanol–water partition coefficient (Wildman–Crippen LogP) is 9.98. The molecule has 5 heteroatoms. The molecule has 47 heavy (non-hydrogen) atoms. The summed E-state index contributed by atoms with van der Waals surface area (Å²) in [7, 11) is 1.94. The average molecular weight is 607 g/mol. The van der Waals surface area contributed by atoms with Crippen molar-refractivity contribution < 1.29 is 4.42 Å². The topological polar surface area (TPSA) is 66.2 Å². The molecule has 1 atom stereocenters. The Morgan fingerprint density at radius 3 is 2.32 bits per heavy atom. The molecule has 2 aromatic heterocycles. The Morgan fingerprint density at radius 1 is 0.766 bits per heavy atom. The number of furan rings is 1. The lowest BCUT2D eigenvalue weighted by Gasteiger charge is -2.14. The molecule has 0 spiro atoms. The molecule has 8 rings (SSSR count). The van der Waals surface area contributed by atoms with Gasteiger partial charge in [0.15, 0.2) is 5.58 Å². The van der Waals surface area contributed by atoms with Crippen LogP contribution in [0.5, 0.6) is 0 Å². The molecule has 6 aromatic carbocycles. The molecule has 0 saturated carbocycles. The minimum absolute atomic E-state index is 0.0538. The van der Waals surface area contributed by atoms with E-state index in [9.17, 15) is 5.26 Å². The second kappa shape index (κ2) is 11.9. The molecule has 0 aliphatic heterocycles. The van der Waals surface area contributed by atoms with E-state index in [0.717, 1.165) is 66.4 Å². The van der Waals surface area contributed by atoms with Gasteiger partial charge in [-0.05, 0) is 66.7 Å². The normalized spacial score (nSPS) is 12.8. The highest BCUT2D eigenvalue weighted by Gasteiger charge is 2.18. The number of aromatic nitrogens is 1. The Morgan fingerprint density at radius 2 is 1.51 bits per heavy atom. The van der Waals surface area contributed by atoms with E-state index in [2.05, 4.69) is 107 Å². The Hall–Kier alpha value is -6.22. The third-order valence-electron chi connectivity index (χ3n) is 8.77. The minimum atomic E-state index is -0.0538. The Labute approximate surface area is 272 Å². The molecule has 224 valence electrons. The summed E-state index contributed by atoms with van der Waals surface area (Å²) in [6.45, 7) is 0. The van der Waals surface area contributed by atoms with E-state index >= 15 is 0 Å². The number of nitrogens with one attached hydrogen (secondary N) is 1. The lowest BCUT2D eigenvalue weighted by molar-refractivity contribution is 0.671. The van der Waals surface area contributed by atoms with Gasteiger partial charge in [-0.3, -0.25) is 4.99 Å². The minimum Gasteiger partial charge on any atom is -0.454 e. The van der Waals surface area contributed by atoms with Crippen molar-refractivity contribution in [3.05, 3.63) is 168 Å². The average Bonchev–Trinajstić information content (AvgIpc) is 3.68. The number of hydrogen-bond acceptors (Lipinski definition) is 4. The highest BCUT2D eigenvalue weighted by Crippen LogP contribution is 2.40. The molecule has 1 unspecified atom stereocenters. The number of nitriles is 1. The van der Waals surface area contributed by atoms with Gasteiger partial charge in [-0.15, -0.1) is 0 Å². The summed E-state index contributed by atoms with van der Waals surface area (Å²) in [5.74, 6) is 0. The van der Waals surface area contributed by atoms with E-state index in [1.165, 1.54) is 5.39 Å². The summed E-state index contributed by atoms with van der Waals surface area (Å²) in [5, 5.41) is 17.5. The molecule has 1 N–H and O–H groups in total. The summed E-state index contributed by atoms with van der Waals surface area (Å²) in [5.41, 5.74) is 9.35. The zero-order chi connectivity index (χ0) is 31.7. The number of benzene rings is 6. The van der Waals surface area contributed by atoms with Crippen molar-refractivity contribution >= 4 is 55.7 Å². The molecule has 0 amide bonds. The molecule has 2 heterocycles. The highest BCUT2D eigenvalue weighted by molar-refractivity contribution is 6.21. The second-order valence-corrected chi connectivity index (χ2v) is 11.6. The maximum atomic E-state index is 9.56. The Balaban J connectivity index is 1.22. The standard InChI is InChI=1S/C42H30N4O/c1-44-37(30-11-3-2-4-12-30)25-38(31-13-9-10-29(24-31)26-43)45-27-28-18-20-32(21-19-28)46-39-16-7-5-14-33(39)35-22-23-36-34-15-6-8-17-40(34)47-42(36)41(35)46/h2-25,27,37,44H,1H3/b38-25-,45-27?. The summed E-state index contributed by atoms with van der Waals surface area (Å²) in [4.78, 5) is 4.98. The van der Waals surface area contributed by atoms with Crippen LogP contribution in [-0.2, 0) is 0 Å². The van der Waals surface area contributed by atoms with Crippen LogP contribution >= 0.6 is 0 Å². The van der Waals surface area contributed by atoms with E-state index in [1.54, 1.807) is 0 Å². The van der Waals surface area contributed by atoms with Crippen molar-refractivity contribution in [3.63, 3.8) is 0 Å². The first-order valence-corrected chi connectivity index (χ1v) is 15.6. The SMILES string of the molecule is CNC(/C=C(\N=Cc1ccc(-n2c3ccccc3c3ccc4c5ccccc5oc4c32)cc1)c1cccc(C#N)c1)c1ccccc1. The van der Waals surface area contributed by atoms with Crippen molar-refractivity contribution in [2.45, 2.75) is 6.04 Å². The third-order valence-corrected chi connectivity index (χ3v) is 8.77. The number of para-hydroxylation sites is 2.